The Hall–Kier alpha value is -2.59. The lowest BCUT2D eigenvalue weighted by molar-refractivity contribution is 1.00. The van der Waals surface area contributed by atoms with Gasteiger partial charge < -0.3 is 10.6 Å². The van der Waals surface area contributed by atoms with E-state index in [0.29, 0.717) is 5.95 Å². The zero-order chi connectivity index (χ0) is 17.6. The van der Waals surface area contributed by atoms with E-state index in [1.54, 1.807) is 6.20 Å². The van der Waals surface area contributed by atoms with Gasteiger partial charge in [0, 0.05) is 23.5 Å². The Balaban J connectivity index is 1.60. The molecule has 0 saturated carbocycles. The standard InChI is InChI=1S/C20H21ClN4/c1-14-11-15(2)13-18(12-14)24-20-23-10-8-19(25-20)22-9-7-16-3-5-17(21)6-4-16/h3-6,8,10-13H,7,9H2,1-2H3,(H2,22,23,24,25). The van der Waals surface area contributed by atoms with Crippen molar-refractivity contribution in [3.8, 4) is 0 Å². The van der Waals surface area contributed by atoms with Crippen LogP contribution >= 0.6 is 11.6 Å². The Kier molecular flexibility index (Phi) is 5.51. The Morgan fingerprint density at radius 2 is 1.68 bits per heavy atom. The quantitative estimate of drug-likeness (QED) is 0.644. The molecule has 4 nitrogen and oxygen atoms in total. The van der Waals surface area contributed by atoms with Crippen LogP contribution < -0.4 is 10.6 Å². The van der Waals surface area contributed by atoms with E-state index in [1.807, 2.05) is 30.3 Å². The summed E-state index contributed by atoms with van der Waals surface area (Å²) in [6, 6.07) is 16.1. The molecule has 3 rings (SSSR count). The maximum absolute atomic E-state index is 5.91. The van der Waals surface area contributed by atoms with Gasteiger partial charge in [-0.05, 0) is 67.3 Å². The van der Waals surface area contributed by atoms with Crippen molar-refractivity contribution < 1.29 is 0 Å². The molecule has 25 heavy (non-hydrogen) atoms. The molecule has 0 fully saturated rings. The lowest BCUT2D eigenvalue weighted by Crippen LogP contribution is -2.07. The van der Waals surface area contributed by atoms with Crippen LogP contribution in [0.2, 0.25) is 5.02 Å². The smallest absolute Gasteiger partial charge is 0.229 e. The summed E-state index contributed by atoms with van der Waals surface area (Å²) in [4.78, 5) is 8.81. The van der Waals surface area contributed by atoms with Gasteiger partial charge in [-0.15, -0.1) is 0 Å². The van der Waals surface area contributed by atoms with Crippen molar-refractivity contribution >= 4 is 29.1 Å². The Morgan fingerprint density at radius 3 is 2.40 bits per heavy atom. The second-order valence-electron chi connectivity index (χ2n) is 6.07. The van der Waals surface area contributed by atoms with Gasteiger partial charge in [0.25, 0.3) is 0 Å². The fourth-order valence-corrected chi connectivity index (χ4v) is 2.81. The van der Waals surface area contributed by atoms with Gasteiger partial charge in [0.2, 0.25) is 5.95 Å². The number of hydrogen-bond acceptors (Lipinski definition) is 4. The highest BCUT2D eigenvalue weighted by Crippen LogP contribution is 2.18. The molecule has 0 radical (unpaired) electrons. The SMILES string of the molecule is Cc1cc(C)cc(Nc2nccc(NCCc3ccc(Cl)cc3)n2)c1. The first-order valence-corrected chi connectivity index (χ1v) is 8.63. The number of nitrogens with one attached hydrogen (secondary N) is 2. The van der Waals surface area contributed by atoms with E-state index in [2.05, 4.69) is 52.6 Å². The highest BCUT2D eigenvalue weighted by Gasteiger charge is 2.02. The second-order valence-corrected chi connectivity index (χ2v) is 6.51. The van der Waals surface area contributed by atoms with E-state index < -0.39 is 0 Å². The van der Waals surface area contributed by atoms with Gasteiger partial charge in [-0.1, -0.05) is 29.8 Å². The highest BCUT2D eigenvalue weighted by atomic mass is 35.5. The molecule has 0 amide bonds. The maximum Gasteiger partial charge on any atom is 0.229 e. The van der Waals surface area contributed by atoms with E-state index >= 15 is 0 Å². The molecule has 0 aliphatic heterocycles. The monoisotopic (exact) mass is 352 g/mol. The minimum absolute atomic E-state index is 0.585. The molecule has 0 spiro atoms. The van der Waals surface area contributed by atoms with E-state index in [4.69, 9.17) is 11.6 Å². The minimum Gasteiger partial charge on any atom is -0.370 e. The zero-order valence-corrected chi connectivity index (χ0v) is 15.1. The summed E-state index contributed by atoms with van der Waals surface area (Å²) in [5.74, 6) is 1.39. The highest BCUT2D eigenvalue weighted by molar-refractivity contribution is 6.30. The van der Waals surface area contributed by atoms with Gasteiger partial charge in [0.15, 0.2) is 0 Å². The van der Waals surface area contributed by atoms with Gasteiger partial charge >= 0.3 is 0 Å². The summed E-state index contributed by atoms with van der Waals surface area (Å²) >= 11 is 5.91. The van der Waals surface area contributed by atoms with Crippen molar-refractivity contribution in [1.82, 2.24) is 9.97 Å². The maximum atomic E-state index is 5.91. The average Bonchev–Trinajstić information content (AvgIpc) is 2.56. The molecule has 2 N–H and O–H groups in total. The predicted molar refractivity (Wildman–Crippen MR) is 105 cm³/mol. The molecule has 2 aromatic carbocycles. The number of rotatable bonds is 6. The zero-order valence-electron chi connectivity index (χ0n) is 14.4. The van der Waals surface area contributed by atoms with Crippen molar-refractivity contribution in [2.75, 3.05) is 17.2 Å². The molecular formula is C20H21ClN4. The molecule has 5 heteroatoms. The number of halogens is 1. The van der Waals surface area contributed by atoms with E-state index in [0.717, 1.165) is 29.5 Å². The minimum atomic E-state index is 0.585. The Morgan fingerprint density at radius 1 is 0.960 bits per heavy atom. The van der Waals surface area contributed by atoms with Crippen LogP contribution in [-0.2, 0) is 6.42 Å². The van der Waals surface area contributed by atoms with Gasteiger partial charge in [-0.2, -0.15) is 4.98 Å². The lowest BCUT2D eigenvalue weighted by atomic mass is 10.1. The number of nitrogens with zero attached hydrogens (tertiary/aromatic N) is 2. The van der Waals surface area contributed by atoms with Crippen LogP contribution in [0.4, 0.5) is 17.5 Å². The van der Waals surface area contributed by atoms with Crippen LogP contribution in [0, 0.1) is 13.8 Å². The van der Waals surface area contributed by atoms with Crippen molar-refractivity contribution in [1.29, 1.82) is 0 Å². The normalized spacial score (nSPS) is 10.5. The first-order valence-electron chi connectivity index (χ1n) is 8.25. The van der Waals surface area contributed by atoms with Crippen LogP contribution in [0.1, 0.15) is 16.7 Å². The molecule has 0 atom stereocenters. The third-order valence-electron chi connectivity index (χ3n) is 3.77. The largest absolute Gasteiger partial charge is 0.370 e. The fraction of sp³-hybridized carbons (Fsp3) is 0.200. The summed E-state index contributed by atoms with van der Waals surface area (Å²) in [6.45, 7) is 4.95. The van der Waals surface area contributed by atoms with Crippen LogP contribution in [0.15, 0.2) is 54.7 Å². The Bertz CT molecular complexity index is 826. The molecule has 3 aromatic rings. The predicted octanol–water partition coefficient (Wildman–Crippen LogP) is 5.15. The summed E-state index contributed by atoms with van der Waals surface area (Å²) in [7, 11) is 0. The fourth-order valence-electron chi connectivity index (χ4n) is 2.68. The van der Waals surface area contributed by atoms with Crippen molar-refractivity contribution in [2.24, 2.45) is 0 Å². The molecule has 0 saturated heterocycles. The van der Waals surface area contributed by atoms with E-state index in [-0.39, 0.29) is 0 Å². The van der Waals surface area contributed by atoms with Crippen LogP contribution in [0.3, 0.4) is 0 Å². The molecule has 0 aliphatic carbocycles. The summed E-state index contributed by atoms with van der Waals surface area (Å²) in [6.07, 6.45) is 2.66. The lowest BCUT2D eigenvalue weighted by Gasteiger charge is -2.10. The molecule has 1 heterocycles. The number of anilines is 3. The van der Waals surface area contributed by atoms with Crippen molar-refractivity contribution in [3.63, 3.8) is 0 Å². The molecule has 0 aliphatic rings. The molecule has 0 unspecified atom stereocenters. The third kappa shape index (κ3) is 5.19. The number of aromatic nitrogens is 2. The second kappa shape index (κ2) is 7.99. The van der Waals surface area contributed by atoms with Gasteiger partial charge in [-0.25, -0.2) is 4.98 Å². The van der Waals surface area contributed by atoms with Gasteiger partial charge in [-0.3, -0.25) is 0 Å². The third-order valence-corrected chi connectivity index (χ3v) is 4.02. The first kappa shape index (κ1) is 17.2. The van der Waals surface area contributed by atoms with Crippen molar-refractivity contribution in [3.05, 3.63) is 76.4 Å². The number of aryl methyl sites for hydroxylation is 2. The molecule has 0 bridgehead atoms. The number of hydrogen-bond donors (Lipinski definition) is 2. The van der Waals surface area contributed by atoms with Crippen LogP contribution in [-0.4, -0.2) is 16.5 Å². The first-order chi connectivity index (χ1) is 12.1. The summed E-state index contributed by atoms with van der Waals surface area (Å²) in [5, 5.41) is 7.35. The van der Waals surface area contributed by atoms with Crippen LogP contribution in [0.25, 0.3) is 0 Å². The molecule has 128 valence electrons. The topological polar surface area (TPSA) is 49.8 Å². The summed E-state index contributed by atoms with van der Waals surface area (Å²) in [5.41, 5.74) is 4.65. The average molecular weight is 353 g/mol. The number of benzene rings is 2. The van der Waals surface area contributed by atoms with E-state index in [9.17, 15) is 0 Å². The molecule has 1 aromatic heterocycles. The summed E-state index contributed by atoms with van der Waals surface area (Å²) < 4.78 is 0. The van der Waals surface area contributed by atoms with Gasteiger partial charge in [0.05, 0.1) is 0 Å². The van der Waals surface area contributed by atoms with E-state index in [1.165, 1.54) is 16.7 Å². The molecular weight excluding hydrogens is 332 g/mol. The Labute approximate surface area is 153 Å². The van der Waals surface area contributed by atoms with Crippen LogP contribution in [0.5, 0.6) is 0 Å². The van der Waals surface area contributed by atoms with Gasteiger partial charge in [0.1, 0.15) is 5.82 Å². The van der Waals surface area contributed by atoms with Crippen molar-refractivity contribution in [2.45, 2.75) is 20.3 Å².